The van der Waals surface area contributed by atoms with E-state index < -0.39 is 0 Å². The van der Waals surface area contributed by atoms with Crippen molar-refractivity contribution in [3.8, 4) is 0 Å². The van der Waals surface area contributed by atoms with Gasteiger partial charge in [0.1, 0.15) is 0 Å². The summed E-state index contributed by atoms with van der Waals surface area (Å²) in [6, 6.07) is 4.03. The van der Waals surface area contributed by atoms with Gasteiger partial charge in [-0.2, -0.15) is 0 Å². The van der Waals surface area contributed by atoms with E-state index in [0.29, 0.717) is 13.0 Å². The molecule has 1 atom stereocenters. The number of rotatable bonds is 4. The second-order valence-corrected chi connectivity index (χ2v) is 7.56. The molecule has 0 radical (unpaired) electrons. The smallest absolute Gasteiger partial charge is 0.225 e. The normalized spacial score (nSPS) is 23.7. The van der Waals surface area contributed by atoms with Gasteiger partial charge in [-0.15, -0.1) is 11.3 Å². The highest BCUT2D eigenvalue weighted by Crippen LogP contribution is 2.23. The Hall–Kier alpha value is -0.660. The number of carbonyl (C=O) groups is 1. The Balaban J connectivity index is 1.41. The molecule has 2 aliphatic rings. The van der Waals surface area contributed by atoms with Crippen molar-refractivity contribution in [1.82, 2.24) is 15.1 Å². The molecule has 2 fully saturated rings. The zero-order chi connectivity index (χ0) is 15.4. The Bertz CT molecular complexity index is 497. The molecule has 0 saturated carbocycles. The largest absolute Gasteiger partial charge is 0.375 e. The number of piperazine rings is 1. The molecule has 0 spiro atoms. The molecular weight excluding hydrogens is 322 g/mol. The lowest BCUT2D eigenvalue weighted by Gasteiger charge is -2.35. The first-order valence-corrected chi connectivity index (χ1v) is 8.97. The number of amides is 1. The van der Waals surface area contributed by atoms with Crippen LogP contribution in [0.2, 0.25) is 4.34 Å². The molecule has 3 heterocycles. The molecule has 122 valence electrons. The van der Waals surface area contributed by atoms with Crippen molar-refractivity contribution in [3.63, 3.8) is 0 Å². The summed E-state index contributed by atoms with van der Waals surface area (Å²) in [5.74, 6) is 0.215. The van der Waals surface area contributed by atoms with Crippen molar-refractivity contribution in [2.45, 2.75) is 19.1 Å². The fraction of sp³-hybridized carbons (Fsp3) is 0.667. The maximum absolute atomic E-state index is 12.3. The van der Waals surface area contributed by atoms with Crippen LogP contribution in [0.15, 0.2) is 12.1 Å². The summed E-state index contributed by atoms with van der Waals surface area (Å²) in [6.07, 6.45) is 0.528. The summed E-state index contributed by atoms with van der Waals surface area (Å²) in [7, 11) is 0. The number of halogens is 1. The predicted molar refractivity (Wildman–Crippen MR) is 88.4 cm³/mol. The van der Waals surface area contributed by atoms with E-state index in [4.69, 9.17) is 16.3 Å². The topological polar surface area (TPSA) is 44.8 Å². The van der Waals surface area contributed by atoms with Gasteiger partial charge in [-0.05, 0) is 12.1 Å². The van der Waals surface area contributed by atoms with Crippen LogP contribution in [0.5, 0.6) is 0 Å². The number of ether oxygens (including phenoxy) is 1. The Morgan fingerprint density at radius 1 is 1.36 bits per heavy atom. The van der Waals surface area contributed by atoms with Crippen LogP contribution in [0.1, 0.15) is 11.3 Å². The highest BCUT2D eigenvalue weighted by Gasteiger charge is 2.25. The molecule has 7 heteroatoms. The first-order chi connectivity index (χ1) is 10.7. The van der Waals surface area contributed by atoms with E-state index >= 15 is 0 Å². The molecule has 0 aromatic carbocycles. The zero-order valence-corrected chi connectivity index (χ0v) is 14.2. The number of nitrogens with zero attached hydrogens (tertiary/aromatic N) is 2. The van der Waals surface area contributed by atoms with Crippen LogP contribution < -0.4 is 5.32 Å². The number of hydrogen-bond donors (Lipinski definition) is 1. The summed E-state index contributed by atoms with van der Waals surface area (Å²) in [5, 5.41) is 3.27. The Morgan fingerprint density at radius 2 is 2.18 bits per heavy atom. The van der Waals surface area contributed by atoms with Crippen molar-refractivity contribution in [2.24, 2.45) is 0 Å². The molecule has 1 unspecified atom stereocenters. The lowest BCUT2D eigenvalue weighted by molar-refractivity contribution is -0.136. The second-order valence-electron chi connectivity index (χ2n) is 5.76. The molecule has 1 N–H and O–H groups in total. The van der Waals surface area contributed by atoms with Crippen molar-refractivity contribution >= 4 is 28.8 Å². The molecule has 1 aromatic rings. The maximum atomic E-state index is 12.3. The number of hydrogen-bond acceptors (Lipinski definition) is 5. The van der Waals surface area contributed by atoms with Crippen molar-refractivity contribution in [1.29, 1.82) is 0 Å². The van der Waals surface area contributed by atoms with E-state index in [9.17, 15) is 4.79 Å². The van der Waals surface area contributed by atoms with E-state index in [1.165, 1.54) is 4.88 Å². The molecule has 1 amide bonds. The van der Waals surface area contributed by atoms with Gasteiger partial charge in [-0.1, -0.05) is 11.6 Å². The Morgan fingerprint density at radius 3 is 2.82 bits per heavy atom. The van der Waals surface area contributed by atoms with Crippen LogP contribution in [-0.4, -0.2) is 67.7 Å². The van der Waals surface area contributed by atoms with Gasteiger partial charge in [0.05, 0.1) is 23.5 Å². The predicted octanol–water partition coefficient (Wildman–Crippen LogP) is 1.42. The third-order valence-corrected chi connectivity index (χ3v) is 5.36. The van der Waals surface area contributed by atoms with Crippen LogP contribution >= 0.6 is 22.9 Å². The van der Waals surface area contributed by atoms with Crippen LogP contribution in [0.25, 0.3) is 0 Å². The number of thiophene rings is 1. The molecule has 22 heavy (non-hydrogen) atoms. The Labute approximate surface area is 140 Å². The van der Waals surface area contributed by atoms with Gasteiger partial charge in [-0.25, -0.2) is 0 Å². The molecule has 2 saturated heterocycles. The average Bonchev–Trinajstić information content (AvgIpc) is 2.94. The summed E-state index contributed by atoms with van der Waals surface area (Å²) >= 11 is 7.60. The van der Waals surface area contributed by atoms with Gasteiger partial charge in [0.25, 0.3) is 0 Å². The summed E-state index contributed by atoms with van der Waals surface area (Å²) in [5.41, 5.74) is 0. The van der Waals surface area contributed by atoms with E-state index in [1.807, 2.05) is 11.0 Å². The number of nitrogens with one attached hydrogen (secondary N) is 1. The number of carbonyl (C=O) groups excluding carboxylic acids is 1. The molecule has 2 aliphatic heterocycles. The van der Waals surface area contributed by atoms with E-state index in [1.54, 1.807) is 11.3 Å². The zero-order valence-electron chi connectivity index (χ0n) is 12.6. The van der Waals surface area contributed by atoms with Gasteiger partial charge in [-0.3, -0.25) is 9.69 Å². The first-order valence-electron chi connectivity index (χ1n) is 7.77. The van der Waals surface area contributed by atoms with Gasteiger partial charge in [0, 0.05) is 50.7 Å². The summed E-state index contributed by atoms with van der Waals surface area (Å²) in [4.78, 5) is 18.0. The third-order valence-electron chi connectivity index (χ3n) is 4.14. The highest BCUT2D eigenvalue weighted by atomic mass is 35.5. The summed E-state index contributed by atoms with van der Waals surface area (Å²) in [6.45, 7) is 6.75. The molecule has 1 aromatic heterocycles. The van der Waals surface area contributed by atoms with Gasteiger partial charge >= 0.3 is 0 Å². The Kier molecular flexibility index (Phi) is 5.71. The minimum absolute atomic E-state index is 0.0348. The van der Waals surface area contributed by atoms with Crippen molar-refractivity contribution in [3.05, 3.63) is 21.3 Å². The second kappa shape index (κ2) is 7.75. The third kappa shape index (κ3) is 4.43. The van der Waals surface area contributed by atoms with Gasteiger partial charge < -0.3 is 15.0 Å². The lowest BCUT2D eigenvalue weighted by atomic mass is 10.2. The average molecular weight is 344 g/mol. The quantitative estimate of drug-likeness (QED) is 0.898. The van der Waals surface area contributed by atoms with E-state index in [0.717, 1.165) is 50.1 Å². The molecule has 0 bridgehead atoms. The fourth-order valence-corrected chi connectivity index (χ4v) is 4.02. The van der Waals surface area contributed by atoms with Crippen molar-refractivity contribution in [2.75, 3.05) is 45.9 Å². The van der Waals surface area contributed by atoms with Crippen molar-refractivity contribution < 1.29 is 9.53 Å². The van der Waals surface area contributed by atoms with Gasteiger partial charge in [0.15, 0.2) is 0 Å². The van der Waals surface area contributed by atoms with Crippen LogP contribution in [-0.2, 0) is 16.1 Å². The molecule has 5 nitrogen and oxygen atoms in total. The molecular formula is C15H22ClN3O2S. The maximum Gasteiger partial charge on any atom is 0.225 e. The van der Waals surface area contributed by atoms with Crippen LogP contribution in [0.4, 0.5) is 0 Å². The standard InChI is InChI=1S/C15H22ClN3O2S/c16-14-2-1-13(22-14)11-18-4-6-19(7-5-18)15(20)9-12-10-17-3-8-21-12/h1-2,12,17H,3-11H2. The molecule has 0 aliphatic carbocycles. The minimum Gasteiger partial charge on any atom is -0.375 e. The number of morpholine rings is 1. The highest BCUT2D eigenvalue weighted by molar-refractivity contribution is 7.16. The summed E-state index contributed by atoms with van der Waals surface area (Å²) < 4.78 is 6.45. The molecule has 3 rings (SSSR count). The monoisotopic (exact) mass is 343 g/mol. The van der Waals surface area contributed by atoms with Crippen LogP contribution in [0, 0.1) is 0 Å². The SMILES string of the molecule is O=C(CC1CNCCO1)N1CCN(Cc2ccc(Cl)s2)CC1. The fourth-order valence-electron chi connectivity index (χ4n) is 2.89. The first kappa shape index (κ1) is 16.2. The van der Waals surface area contributed by atoms with Crippen LogP contribution in [0.3, 0.4) is 0 Å². The van der Waals surface area contributed by atoms with E-state index in [-0.39, 0.29) is 12.0 Å². The van der Waals surface area contributed by atoms with E-state index in [2.05, 4.69) is 16.3 Å². The lowest BCUT2D eigenvalue weighted by Crippen LogP contribution is -2.50. The minimum atomic E-state index is 0.0348. The van der Waals surface area contributed by atoms with Gasteiger partial charge in [0.2, 0.25) is 5.91 Å².